The van der Waals surface area contributed by atoms with E-state index in [4.69, 9.17) is 5.73 Å². The van der Waals surface area contributed by atoms with E-state index in [1.165, 1.54) is 22.3 Å². The van der Waals surface area contributed by atoms with Gasteiger partial charge in [-0.15, -0.1) is 0 Å². The second-order valence-electron chi connectivity index (χ2n) is 3.58. The summed E-state index contributed by atoms with van der Waals surface area (Å²) in [5.41, 5.74) is 6.16. The Kier molecular flexibility index (Phi) is 5.29. The summed E-state index contributed by atoms with van der Waals surface area (Å²) in [5.74, 6) is 2.44. The number of carbonyl (C=O) groups excluding carboxylic acids is 1. The van der Waals surface area contributed by atoms with Crippen molar-refractivity contribution in [2.75, 3.05) is 23.4 Å². The molecule has 1 amide bonds. The molecular weight excluding hydrogens is 315 g/mol. The van der Waals surface area contributed by atoms with Gasteiger partial charge in [-0.25, -0.2) is 0 Å². The van der Waals surface area contributed by atoms with Crippen LogP contribution in [0, 0.1) is 0 Å². The minimum atomic E-state index is -0.987. The van der Waals surface area contributed by atoms with E-state index in [1.807, 2.05) is 12.1 Å². The molecule has 6 heteroatoms. The Balaban J connectivity index is 2.07. The van der Waals surface area contributed by atoms with E-state index in [-0.39, 0.29) is 12.5 Å². The second kappa shape index (κ2) is 6.74. The number of nitrogens with one attached hydrogen (secondary N) is 1. The van der Waals surface area contributed by atoms with Crippen LogP contribution in [0.2, 0.25) is 0 Å². The van der Waals surface area contributed by atoms with Crippen molar-refractivity contribution in [3.8, 4) is 0 Å². The minimum absolute atomic E-state index is 0.0369. The van der Waals surface area contributed by atoms with Gasteiger partial charge in [-0.05, 0) is 0 Å². The summed E-state index contributed by atoms with van der Waals surface area (Å²) in [5, 5.41) is 2.81. The number of amides is 1. The molecule has 0 unspecified atom stereocenters. The maximum atomic E-state index is 11.2. The predicted molar refractivity (Wildman–Crippen MR) is 79.0 cm³/mol. The molecule has 1 aliphatic rings. The Morgan fingerprint density at radius 1 is 1.41 bits per heavy atom. The molecule has 0 radical (unpaired) electrons. The summed E-state index contributed by atoms with van der Waals surface area (Å²) in [6.07, 6.45) is 1.32. The molecule has 3 N–H and O–H groups in total. The molecule has 1 aromatic carbocycles. The fourth-order valence-corrected chi connectivity index (χ4v) is 14.6. The van der Waals surface area contributed by atoms with Gasteiger partial charge < -0.3 is 0 Å². The van der Waals surface area contributed by atoms with Crippen molar-refractivity contribution in [1.82, 2.24) is 0 Å². The van der Waals surface area contributed by atoms with Gasteiger partial charge in [0, 0.05) is 0 Å². The molecule has 1 heterocycles. The zero-order chi connectivity index (χ0) is 12.1. The first-order valence-corrected chi connectivity index (χ1v) is 12.9. The topological polar surface area (TPSA) is 55.1 Å². The molecule has 0 aliphatic carbocycles. The van der Waals surface area contributed by atoms with Crippen LogP contribution < -0.4 is 15.4 Å². The number of carbonyl (C=O) groups is 1. The molecule has 0 spiro atoms. The van der Waals surface area contributed by atoms with Gasteiger partial charge in [-0.2, -0.15) is 0 Å². The van der Waals surface area contributed by atoms with Crippen molar-refractivity contribution in [2.24, 2.45) is 5.73 Å². The summed E-state index contributed by atoms with van der Waals surface area (Å²) >= 11 is -0.987. The summed E-state index contributed by atoms with van der Waals surface area (Å²) in [4.78, 5) is 11.2. The Bertz CT molecular complexity index is 397. The molecule has 0 saturated carbocycles. The van der Waals surface area contributed by atoms with Crippen molar-refractivity contribution in [1.29, 1.82) is 0 Å². The van der Waals surface area contributed by atoms with Crippen LogP contribution in [-0.4, -0.2) is 36.3 Å². The van der Waals surface area contributed by atoms with Crippen LogP contribution in [0.1, 0.15) is 6.42 Å². The average molecular weight is 330 g/mol. The zero-order valence-electron chi connectivity index (χ0n) is 9.39. The van der Waals surface area contributed by atoms with Crippen molar-refractivity contribution >= 4 is 48.3 Å². The molecule has 17 heavy (non-hydrogen) atoms. The number of anilines is 1. The van der Waals surface area contributed by atoms with E-state index in [1.54, 1.807) is 0 Å². The summed E-state index contributed by atoms with van der Waals surface area (Å²) in [6.45, 7) is 0.0369. The number of hydrogen-bond acceptors (Lipinski definition) is 4. The van der Waals surface area contributed by atoms with Crippen LogP contribution in [0.25, 0.3) is 0 Å². The van der Waals surface area contributed by atoms with Crippen molar-refractivity contribution in [2.45, 2.75) is 6.42 Å². The van der Waals surface area contributed by atoms with E-state index in [2.05, 4.69) is 37.5 Å². The average Bonchev–Trinajstić information content (AvgIpc) is 2.40. The van der Waals surface area contributed by atoms with Crippen molar-refractivity contribution in [3.63, 3.8) is 0 Å². The van der Waals surface area contributed by atoms with Crippen LogP contribution in [-0.2, 0) is 4.79 Å². The summed E-state index contributed by atoms with van der Waals surface area (Å²) in [6, 6.07) is 8.24. The summed E-state index contributed by atoms with van der Waals surface area (Å²) in [7, 11) is 4.24. The van der Waals surface area contributed by atoms with E-state index in [0.717, 1.165) is 5.69 Å². The van der Waals surface area contributed by atoms with E-state index < -0.39 is 12.3 Å². The molecule has 3 nitrogen and oxygen atoms in total. The number of benzene rings is 1. The van der Waals surface area contributed by atoms with Crippen LogP contribution in [0.5, 0.6) is 0 Å². The monoisotopic (exact) mass is 330 g/mol. The van der Waals surface area contributed by atoms with Crippen molar-refractivity contribution in [3.05, 3.63) is 24.3 Å². The van der Waals surface area contributed by atoms with Crippen LogP contribution in [0.4, 0.5) is 5.69 Å². The van der Waals surface area contributed by atoms with Crippen LogP contribution in [0.15, 0.2) is 24.3 Å². The molecule has 0 bridgehead atoms. The van der Waals surface area contributed by atoms with Crippen LogP contribution in [0.3, 0.4) is 0 Å². The molecule has 92 valence electrons. The molecule has 1 saturated heterocycles. The van der Waals surface area contributed by atoms with Crippen LogP contribution >= 0.6 is 20.0 Å². The fraction of sp³-hybridized carbons (Fsp3) is 0.364. The molecular formula is C11H15AsN2OS2. The first-order chi connectivity index (χ1) is 8.29. The second-order valence-corrected chi connectivity index (χ2v) is 15.3. The van der Waals surface area contributed by atoms with Gasteiger partial charge in [0.05, 0.1) is 0 Å². The van der Waals surface area contributed by atoms with E-state index >= 15 is 0 Å². The molecule has 1 aromatic rings. The van der Waals surface area contributed by atoms with Gasteiger partial charge in [0.1, 0.15) is 0 Å². The standard InChI is InChI=1S/C11H15AsN2OS2/c13-8-11(15)14-10-4-1-3-9(7-10)12-16-5-2-6-17-12/h1,3-4,7H,2,5-6,8,13H2,(H,14,15). The van der Waals surface area contributed by atoms with Crippen molar-refractivity contribution < 1.29 is 4.79 Å². The molecule has 0 aromatic heterocycles. The van der Waals surface area contributed by atoms with Gasteiger partial charge in [-0.1, -0.05) is 0 Å². The number of hydrogen-bond donors (Lipinski definition) is 2. The van der Waals surface area contributed by atoms with Gasteiger partial charge in [0.25, 0.3) is 0 Å². The number of nitrogens with two attached hydrogens (primary N) is 1. The Morgan fingerprint density at radius 3 is 2.88 bits per heavy atom. The number of rotatable bonds is 3. The van der Waals surface area contributed by atoms with Gasteiger partial charge >= 0.3 is 113 Å². The first kappa shape index (κ1) is 13.3. The summed E-state index contributed by atoms with van der Waals surface area (Å²) < 4.78 is 1.42. The third kappa shape index (κ3) is 3.95. The normalized spacial score (nSPS) is 16.8. The quantitative estimate of drug-likeness (QED) is 0.817. The van der Waals surface area contributed by atoms with Gasteiger partial charge in [0.2, 0.25) is 0 Å². The third-order valence-electron chi connectivity index (χ3n) is 2.23. The molecule has 0 atom stereocenters. The third-order valence-corrected chi connectivity index (χ3v) is 15.8. The van der Waals surface area contributed by atoms with Gasteiger partial charge in [-0.3, -0.25) is 0 Å². The molecule has 1 aliphatic heterocycles. The molecule has 1 fully saturated rings. The van der Waals surface area contributed by atoms with E-state index in [9.17, 15) is 4.79 Å². The first-order valence-electron chi connectivity index (χ1n) is 5.45. The fourth-order valence-electron chi connectivity index (χ4n) is 1.45. The SMILES string of the molecule is NCC(=O)Nc1cccc([As]2SCCCS2)c1. The Hall–Kier alpha value is -0.0916. The predicted octanol–water partition coefficient (Wildman–Crippen LogP) is 1.15. The molecule has 2 rings (SSSR count). The van der Waals surface area contributed by atoms with Gasteiger partial charge in [0.15, 0.2) is 0 Å². The Labute approximate surface area is 113 Å². The maximum absolute atomic E-state index is 11.2. The Morgan fingerprint density at radius 2 is 2.18 bits per heavy atom. The van der Waals surface area contributed by atoms with E-state index in [0.29, 0.717) is 0 Å². The zero-order valence-corrected chi connectivity index (χ0v) is 12.9.